The normalized spacial score (nSPS) is 24.6. The van der Waals surface area contributed by atoms with Crippen molar-refractivity contribution >= 4 is 12.0 Å². The molecule has 0 radical (unpaired) electrons. The van der Waals surface area contributed by atoms with E-state index in [1.165, 1.54) is 0 Å². The van der Waals surface area contributed by atoms with Gasteiger partial charge in [0.1, 0.15) is 0 Å². The molecule has 1 aliphatic heterocycles. The lowest BCUT2D eigenvalue weighted by Gasteiger charge is -2.26. The Morgan fingerprint density at radius 1 is 1.44 bits per heavy atom. The molecule has 0 aromatic carbocycles. The predicted octanol–water partition coefficient (Wildman–Crippen LogP) is 0.670. The lowest BCUT2D eigenvalue weighted by molar-refractivity contribution is -0.137. The molecule has 1 aliphatic carbocycles. The van der Waals surface area contributed by atoms with Crippen LogP contribution in [-0.2, 0) is 9.53 Å². The van der Waals surface area contributed by atoms with Crippen LogP contribution in [-0.4, -0.2) is 54.4 Å². The van der Waals surface area contributed by atoms with Crippen LogP contribution in [0.2, 0.25) is 0 Å². The third-order valence-corrected chi connectivity index (χ3v) is 3.67. The topological polar surface area (TPSA) is 78.9 Å². The van der Waals surface area contributed by atoms with Crippen LogP contribution in [0.4, 0.5) is 4.79 Å². The number of rotatable bonds is 5. The summed E-state index contributed by atoms with van der Waals surface area (Å²) in [5, 5.41) is 11.7. The Hall–Kier alpha value is -1.30. The molecule has 6 nitrogen and oxygen atoms in total. The zero-order valence-electron chi connectivity index (χ0n) is 10.6. The monoisotopic (exact) mass is 256 g/mol. The SMILES string of the molecule is CN(C(=O)NC(CC(=O)O)C1CC1)C1CCOC1. The van der Waals surface area contributed by atoms with Crippen LogP contribution in [0.15, 0.2) is 0 Å². The largest absolute Gasteiger partial charge is 0.481 e. The number of ether oxygens (including phenoxy) is 1. The van der Waals surface area contributed by atoms with E-state index in [1.807, 2.05) is 0 Å². The molecule has 0 aromatic rings. The molecular formula is C12H20N2O4. The van der Waals surface area contributed by atoms with Crippen LogP contribution in [0, 0.1) is 5.92 Å². The van der Waals surface area contributed by atoms with E-state index in [-0.39, 0.29) is 24.5 Å². The molecule has 2 rings (SSSR count). The maximum Gasteiger partial charge on any atom is 0.317 e. The summed E-state index contributed by atoms with van der Waals surface area (Å²) in [7, 11) is 1.74. The highest BCUT2D eigenvalue weighted by Crippen LogP contribution is 2.34. The highest BCUT2D eigenvalue weighted by Gasteiger charge is 2.35. The quantitative estimate of drug-likeness (QED) is 0.757. The van der Waals surface area contributed by atoms with Crippen molar-refractivity contribution in [3.05, 3.63) is 0 Å². The molecule has 0 bridgehead atoms. The third kappa shape index (κ3) is 3.35. The summed E-state index contributed by atoms with van der Waals surface area (Å²) in [5.41, 5.74) is 0. The van der Waals surface area contributed by atoms with Crippen molar-refractivity contribution in [3.63, 3.8) is 0 Å². The number of amides is 2. The average Bonchev–Trinajstić information content (AvgIpc) is 3.02. The van der Waals surface area contributed by atoms with Gasteiger partial charge in [0.2, 0.25) is 0 Å². The van der Waals surface area contributed by atoms with Gasteiger partial charge in [0.05, 0.1) is 19.1 Å². The molecule has 2 unspecified atom stereocenters. The number of carboxylic acids is 1. The molecule has 2 aliphatic rings. The Morgan fingerprint density at radius 2 is 2.17 bits per heavy atom. The summed E-state index contributed by atoms with van der Waals surface area (Å²) in [4.78, 5) is 24.4. The number of likely N-dealkylation sites (N-methyl/N-ethyl adjacent to an activating group) is 1. The van der Waals surface area contributed by atoms with Gasteiger partial charge < -0.3 is 20.1 Å². The van der Waals surface area contributed by atoms with Crippen LogP contribution in [0.25, 0.3) is 0 Å². The third-order valence-electron chi connectivity index (χ3n) is 3.67. The van der Waals surface area contributed by atoms with Crippen molar-refractivity contribution in [3.8, 4) is 0 Å². The molecule has 2 atom stereocenters. The number of carbonyl (C=O) groups excluding carboxylic acids is 1. The predicted molar refractivity (Wildman–Crippen MR) is 64.3 cm³/mol. The molecular weight excluding hydrogens is 236 g/mol. The number of nitrogens with one attached hydrogen (secondary N) is 1. The average molecular weight is 256 g/mol. The van der Waals surface area contributed by atoms with E-state index >= 15 is 0 Å². The number of aliphatic carboxylic acids is 1. The maximum atomic E-state index is 12.0. The van der Waals surface area contributed by atoms with E-state index < -0.39 is 5.97 Å². The molecule has 102 valence electrons. The first-order chi connectivity index (χ1) is 8.58. The van der Waals surface area contributed by atoms with Crippen molar-refractivity contribution in [2.75, 3.05) is 20.3 Å². The number of hydrogen-bond donors (Lipinski definition) is 2. The van der Waals surface area contributed by atoms with Gasteiger partial charge in [-0.15, -0.1) is 0 Å². The minimum Gasteiger partial charge on any atom is -0.481 e. The van der Waals surface area contributed by atoms with Gasteiger partial charge in [-0.25, -0.2) is 4.79 Å². The molecule has 2 fully saturated rings. The zero-order chi connectivity index (χ0) is 13.1. The van der Waals surface area contributed by atoms with Crippen molar-refractivity contribution in [1.29, 1.82) is 0 Å². The van der Waals surface area contributed by atoms with Gasteiger partial charge in [0, 0.05) is 19.7 Å². The van der Waals surface area contributed by atoms with Gasteiger partial charge >= 0.3 is 12.0 Å². The molecule has 6 heteroatoms. The fourth-order valence-electron chi connectivity index (χ4n) is 2.28. The van der Waals surface area contributed by atoms with Crippen LogP contribution >= 0.6 is 0 Å². The van der Waals surface area contributed by atoms with Crippen molar-refractivity contribution < 1.29 is 19.4 Å². The van der Waals surface area contributed by atoms with Gasteiger partial charge in [-0.05, 0) is 25.2 Å². The first-order valence-electron chi connectivity index (χ1n) is 6.41. The Morgan fingerprint density at radius 3 is 2.67 bits per heavy atom. The molecule has 0 spiro atoms. The summed E-state index contributed by atoms with van der Waals surface area (Å²) in [6.07, 6.45) is 2.87. The lowest BCUT2D eigenvalue weighted by atomic mass is 10.1. The van der Waals surface area contributed by atoms with Crippen LogP contribution in [0.5, 0.6) is 0 Å². The smallest absolute Gasteiger partial charge is 0.317 e. The number of nitrogens with zero attached hydrogens (tertiary/aromatic N) is 1. The second kappa shape index (κ2) is 5.56. The van der Waals surface area contributed by atoms with Gasteiger partial charge in [-0.3, -0.25) is 4.79 Å². The summed E-state index contributed by atoms with van der Waals surface area (Å²) in [6, 6.07) is -0.321. The highest BCUT2D eigenvalue weighted by molar-refractivity contribution is 5.76. The van der Waals surface area contributed by atoms with Crippen LogP contribution < -0.4 is 5.32 Å². The van der Waals surface area contributed by atoms with E-state index in [9.17, 15) is 9.59 Å². The number of carbonyl (C=O) groups is 2. The maximum absolute atomic E-state index is 12.0. The van der Waals surface area contributed by atoms with Gasteiger partial charge in [-0.1, -0.05) is 0 Å². The number of carboxylic acid groups (broad SMARTS) is 1. The van der Waals surface area contributed by atoms with Crippen molar-refractivity contribution in [2.45, 2.75) is 37.8 Å². The Bertz CT molecular complexity index is 324. The summed E-state index contributed by atoms with van der Waals surface area (Å²) in [5.74, 6) is -0.530. The van der Waals surface area contributed by atoms with Crippen molar-refractivity contribution in [2.24, 2.45) is 5.92 Å². The van der Waals surface area contributed by atoms with Crippen molar-refractivity contribution in [1.82, 2.24) is 10.2 Å². The molecule has 1 heterocycles. The lowest BCUT2D eigenvalue weighted by Crippen LogP contribution is -2.48. The highest BCUT2D eigenvalue weighted by atomic mass is 16.5. The second-order valence-electron chi connectivity index (χ2n) is 5.12. The van der Waals surface area contributed by atoms with E-state index in [0.717, 1.165) is 19.3 Å². The summed E-state index contributed by atoms with van der Waals surface area (Å²) < 4.78 is 5.24. The Labute approximate surface area is 106 Å². The second-order valence-corrected chi connectivity index (χ2v) is 5.12. The Balaban J connectivity index is 1.85. The van der Waals surface area contributed by atoms with E-state index in [4.69, 9.17) is 9.84 Å². The zero-order valence-corrected chi connectivity index (χ0v) is 10.6. The molecule has 2 amide bonds. The fourth-order valence-corrected chi connectivity index (χ4v) is 2.28. The summed E-state index contributed by atoms with van der Waals surface area (Å²) >= 11 is 0. The van der Waals surface area contributed by atoms with E-state index in [0.29, 0.717) is 19.1 Å². The van der Waals surface area contributed by atoms with Gasteiger partial charge in [0.15, 0.2) is 0 Å². The molecule has 0 aromatic heterocycles. The first kappa shape index (κ1) is 13.1. The van der Waals surface area contributed by atoms with Crippen LogP contribution in [0.1, 0.15) is 25.7 Å². The summed E-state index contributed by atoms with van der Waals surface area (Å²) in [6.45, 7) is 1.25. The fraction of sp³-hybridized carbons (Fsp3) is 0.833. The number of hydrogen-bond acceptors (Lipinski definition) is 3. The molecule has 1 saturated heterocycles. The van der Waals surface area contributed by atoms with Crippen LogP contribution in [0.3, 0.4) is 0 Å². The molecule has 1 saturated carbocycles. The first-order valence-corrected chi connectivity index (χ1v) is 6.41. The Kier molecular flexibility index (Phi) is 4.06. The van der Waals surface area contributed by atoms with E-state index in [1.54, 1.807) is 11.9 Å². The van der Waals surface area contributed by atoms with Gasteiger partial charge in [0.25, 0.3) is 0 Å². The minimum absolute atomic E-state index is 0.00537. The minimum atomic E-state index is -0.862. The standard InChI is InChI=1S/C12H20N2O4/c1-14(9-4-5-18-7-9)12(17)13-10(6-11(15)16)8-2-3-8/h8-10H,2-7H2,1H3,(H,13,17)(H,15,16). The molecule has 2 N–H and O–H groups in total. The molecule has 18 heavy (non-hydrogen) atoms. The van der Waals surface area contributed by atoms with E-state index in [2.05, 4.69) is 5.32 Å². The number of urea groups is 1. The van der Waals surface area contributed by atoms with Gasteiger partial charge in [-0.2, -0.15) is 0 Å².